The average Bonchev–Trinajstić information content (AvgIpc) is 3.18. The molecule has 0 spiro atoms. The molecule has 0 amide bonds. The minimum Gasteiger partial charge on any atom is -0.312 e. The standard InChI is InChI=1S/C17H22N6/c1-14(12-23-8-4-7-20-23)9-19-11-16-13-22(2)21-17(16)15-5-3-6-18-10-15/h3-8,10,13-14,19H,9,11-12H2,1-2H3/t14-/m1/s1. The van der Waals surface area contributed by atoms with Gasteiger partial charge in [0.15, 0.2) is 0 Å². The highest BCUT2D eigenvalue weighted by molar-refractivity contribution is 5.61. The fourth-order valence-electron chi connectivity index (χ4n) is 2.66. The molecular weight excluding hydrogens is 288 g/mol. The zero-order valence-corrected chi connectivity index (χ0v) is 13.6. The second-order valence-electron chi connectivity index (χ2n) is 5.88. The van der Waals surface area contributed by atoms with Crippen molar-refractivity contribution in [3.8, 4) is 11.3 Å². The minimum atomic E-state index is 0.508. The number of nitrogens with one attached hydrogen (secondary N) is 1. The largest absolute Gasteiger partial charge is 0.312 e. The predicted octanol–water partition coefficient (Wildman–Crippen LogP) is 2.10. The van der Waals surface area contributed by atoms with E-state index in [4.69, 9.17) is 0 Å². The van der Waals surface area contributed by atoms with E-state index < -0.39 is 0 Å². The van der Waals surface area contributed by atoms with Crippen molar-refractivity contribution in [3.63, 3.8) is 0 Å². The summed E-state index contributed by atoms with van der Waals surface area (Å²) < 4.78 is 3.82. The smallest absolute Gasteiger partial charge is 0.0983 e. The third-order valence-electron chi connectivity index (χ3n) is 3.71. The van der Waals surface area contributed by atoms with E-state index in [0.29, 0.717) is 5.92 Å². The van der Waals surface area contributed by atoms with Gasteiger partial charge < -0.3 is 5.32 Å². The Bertz CT molecular complexity index is 717. The summed E-state index contributed by atoms with van der Waals surface area (Å²) in [5.41, 5.74) is 3.23. The molecule has 0 fully saturated rings. The molecular formula is C17H22N6. The highest BCUT2D eigenvalue weighted by Crippen LogP contribution is 2.20. The van der Waals surface area contributed by atoms with Crippen molar-refractivity contribution >= 4 is 0 Å². The van der Waals surface area contributed by atoms with Gasteiger partial charge in [0.05, 0.1) is 5.69 Å². The van der Waals surface area contributed by atoms with E-state index >= 15 is 0 Å². The van der Waals surface area contributed by atoms with Gasteiger partial charge in [0, 0.05) is 62.2 Å². The van der Waals surface area contributed by atoms with Crippen molar-refractivity contribution in [1.29, 1.82) is 0 Å². The predicted molar refractivity (Wildman–Crippen MR) is 89.5 cm³/mol. The minimum absolute atomic E-state index is 0.508. The number of aromatic nitrogens is 5. The van der Waals surface area contributed by atoms with Gasteiger partial charge in [0.2, 0.25) is 0 Å². The molecule has 1 N–H and O–H groups in total. The first-order valence-electron chi connectivity index (χ1n) is 7.83. The van der Waals surface area contributed by atoms with E-state index in [2.05, 4.69) is 33.6 Å². The Morgan fingerprint density at radius 2 is 2.17 bits per heavy atom. The third kappa shape index (κ3) is 4.04. The Morgan fingerprint density at radius 1 is 1.26 bits per heavy atom. The van der Waals surface area contributed by atoms with Crippen LogP contribution in [0.5, 0.6) is 0 Å². The summed E-state index contributed by atoms with van der Waals surface area (Å²) in [5, 5.41) is 12.3. The van der Waals surface area contributed by atoms with E-state index in [0.717, 1.165) is 30.9 Å². The SMILES string of the molecule is C[C@H](CNCc1cn(C)nc1-c1cccnc1)Cn1cccn1. The van der Waals surface area contributed by atoms with Crippen LogP contribution in [0.1, 0.15) is 12.5 Å². The highest BCUT2D eigenvalue weighted by Gasteiger charge is 2.10. The lowest BCUT2D eigenvalue weighted by atomic mass is 10.1. The summed E-state index contributed by atoms with van der Waals surface area (Å²) in [6, 6.07) is 5.93. The molecule has 0 saturated heterocycles. The van der Waals surface area contributed by atoms with Gasteiger partial charge >= 0.3 is 0 Å². The molecule has 1 atom stereocenters. The molecule has 3 aromatic heterocycles. The first-order chi connectivity index (χ1) is 11.2. The maximum Gasteiger partial charge on any atom is 0.0983 e. The van der Waals surface area contributed by atoms with Gasteiger partial charge in [-0.15, -0.1) is 0 Å². The first kappa shape index (κ1) is 15.4. The molecule has 0 aliphatic carbocycles. The first-order valence-corrected chi connectivity index (χ1v) is 7.83. The fourth-order valence-corrected chi connectivity index (χ4v) is 2.66. The van der Waals surface area contributed by atoms with E-state index in [1.807, 2.05) is 53.2 Å². The molecule has 0 aliphatic heterocycles. The van der Waals surface area contributed by atoms with Gasteiger partial charge in [-0.25, -0.2) is 0 Å². The fraction of sp³-hybridized carbons (Fsp3) is 0.353. The number of hydrogen-bond donors (Lipinski definition) is 1. The number of hydrogen-bond acceptors (Lipinski definition) is 4. The second kappa shape index (κ2) is 7.19. The van der Waals surface area contributed by atoms with Crippen LogP contribution >= 0.6 is 0 Å². The molecule has 0 radical (unpaired) electrons. The zero-order chi connectivity index (χ0) is 16.1. The molecule has 23 heavy (non-hydrogen) atoms. The summed E-state index contributed by atoms with van der Waals surface area (Å²) in [5.74, 6) is 0.508. The van der Waals surface area contributed by atoms with E-state index in [9.17, 15) is 0 Å². The topological polar surface area (TPSA) is 60.6 Å². The van der Waals surface area contributed by atoms with Crippen molar-refractivity contribution in [3.05, 3.63) is 54.7 Å². The van der Waals surface area contributed by atoms with Crippen LogP contribution in [-0.2, 0) is 20.1 Å². The summed E-state index contributed by atoms with van der Waals surface area (Å²) in [7, 11) is 1.95. The number of rotatable bonds is 7. The second-order valence-corrected chi connectivity index (χ2v) is 5.88. The lowest BCUT2D eigenvalue weighted by Crippen LogP contribution is -2.24. The van der Waals surface area contributed by atoms with Crippen LogP contribution in [0.3, 0.4) is 0 Å². The van der Waals surface area contributed by atoms with E-state index in [1.165, 1.54) is 5.56 Å². The quantitative estimate of drug-likeness (QED) is 0.726. The molecule has 0 saturated carbocycles. The average molecular weight is 310 g/mol. The lowest BCUT2D eigenvalue weighted by Gasteiger charge is -2.12. The van der Waals surface area contributed by atoms with E-state index in [1.54, 1.807) is 6.20 Å². The van der Waals surface area contributed by atoms with Crippen molar-refractivity contribution in [2.45, 2.75) is 20.0 Å². The van der Waals surface area contributed by atoms with Crippen LogP contribution in [0.4, 0.5) is 0 Å². The summed E-state index contributed by atoms with van der Waals surface area (Å²) in [6.45, 7) is 4.87. The molecule has 0 aliphatic rings. The van der Waals surface area contributed by atoms with Crippen LogP contribution in [0, 0.1) is 5.92 Å². The molecule has 6 heteroatoms. The Balaban J connectivity index is 1.58. The Hall–Kier alpha value is -2.47. The van der Waals surface area contributed by atoms with E-state index in [-0.39, 0.29) is 0 Å². The number of nitrogens with zero attached hydrogens (tertiary/aromatic N) is 5. The van der Waals surface area contributed by atoms with Crippen LogP contribution in [0.25, 0.3) is 11.3 Å². The molecule has 0 bridgehead atoms. The lowest BCUT2D eigenvalue weighted by molar-refractivity contribution is 0.422. The normalized spacial score (nSPS) is 12.4. The van der Waals surface area contributed by atoms with Gasteiger partial charge in [0.1, 0.15) is 0 Å². The van der Waals surface area contributed by atoms with Crippen molar-refractivity contribution < 1.29 is 0 Å². The number of pyridine rings is 1. The van der Waals surface area contributed by atoms with Gasteiger partial charge in [0.25, 0.3) is 0 Å². The summed E-state index contributed by atoms with van der Waals surface area (Å²) in [6.07, 6.45) is 9.51. The molecule has 3 aromatic rings. The zero-order valence-electron chi connectivity index (χ0n) is 13.6. The highest BCUT2D eigenvalue weighted by atomic mass is 15.3. The van der Waals surface area contributed by atoms with Gasteiger partial charge in [-0.2, -0.15) is 10.2 Å². The van der Waals surface area contributed by atoms with Crippen LogP contribution in [0.2, 0.25) is 0 Å². The molecule has 3 rings (SSSR count). The third-order valence-corrected chi connectivity index (χ3v) is 3.71. The van der Waals surface area contributed by atoms with Gasteiger partial charge in [-0.1, -0.05) is 6.92 Å². The molecule has 3 heterocycles. The molecule has 6 nitrogen and oxygen atoms in total. The summed E-state index contributed by atoms with van der Waals surface area (Å²) >= 11 is 0. The maximum absolute atomic E-state index is 4.56. The van der Waals surface area contributed by atoms with Gasteiger partial charge in [-0.3, -0.25) is 14.3 Å². The monoisotopic (exact) mass is 310 g/mol. The Labute approximate surface area is 136 Å². The molecule has 0 unspecified atom stereocenters. The Kier molecular flexibility index (Phi) is 4.83. The molecule has 0 aromatic carbocycles. The molecule has 120 valence electrons. The van der Waals surface area contributed by atoms with Crippen molar-refractivity contribution in [1.82, 2.24) is 29.9 Å². The van der Waals surface area contributed by atoms with Crippen molar-refractivity contribution in [2.75, 3.05) is 6.54 Å². The number of aryl methyl sites for hydroxylation is 1. The van der Waals surface area contributed by atoms with Crippen LogP contribution in [-0.4, -0.2) is 31.1 Å². The van der Waals surface area contributed by atoms with Crippen LogP contribution < -0.4 is 5.32 Å². The van der Waals surface area contributed by atoms with Crippen LogP contribution in [0.15, 0.2) is 49.2 Å². The van der Waals surface area contributed by atoms with Crippen molar-refractivity contribution in [2.24, 2.45) is 13.0 Å². The van der Waals surface area contributed by atoms with Gasteiger partial charge in [-0.05, 0) is 30.7 Å². The maximum atomic E-state index is 4.56. The Morgan fingerprint density at radius 3 is 2.91 bits per heavy atom. The summed E-state index contributed by atoms with van der Waals surface area (Å²) in [4.78, 5) is 4.18.